The Morgan fingerprint density at radius 2 is 1.10 bits per heavy atom. The van der Waals surface area contributed by atoms with Crippen LogP contribution in [0.1, 0.15) is 30.5 Å². The number of benzene rings is 4. The predicted octanol–water partition coefficient (Wildman–Crippen LogP) is 5.33. The molecule has 2 radical (unpaired) electrons. The highest BCUT2D eigenvalue weighted by atomic mass is 31.2. The van der Waals surface area contributed by atoms with E-state index in [4.69, 9.17) is 14.2 Å². The fourth-order valence-corrected chi connectivity index (χ4v) is 9.97. The average Bonchev–Trinajstić information content (AvgIpc) is 2.93. The largest absolute Gasteiger partial charge is 0.508 e. The van der Waals surface area contributed by atoms with Gasteiger partial charge in [0.1, 0.15) is 34.8 Å². The highest BCUT2D eigenvalue weighted by Gasteiger charge is 2.50. The molecule has 4 aromatic carbocycles. The topological polar surface area (TPSA) is 47.9 Å². The molecule has 0 aromatic heterocycles. The van der Waals surface area contributed by atoms with Gasteiger partial charge >= 0.3 is 0 Å². The van der Waals surface area contributed by atoms with E-state index >= 15 is 0 Å². The lowest BCUT2D eigenvalue weighted by Gasteiger charge is -2.29. The molecule has 0 atom stereocenters. The molecule has 0 aliphatic carbocycles. The van der Waals surface area contributed by atoms with Gasteiger partial charge in [0.2, 0.25) is 0 Å². The normalized spacial score (nSPS) is 11.6. The molecule has 0 aliphatic rings. The first-order chi connectivity index (χ1) is 18.9. The van der Waals surface area contributed by atoms with Crippen LogP contribution in [0.5, 0.6) is 11.5 Å². The summed E-state index contributed by atoms with van der Waals surface area (Å²) in [6, 6.07) is 31.9. The van der Waals surface area contributed by atoms with E-state index in [1.807, 2.05) is 26.0 Å². The van der Waals surface area contributed by atoms with Crippen molar-refractivity contribution in [2.75, 3.05) is 19.4 Å². The molecule has 202 valence electrons. The van der Waals surface area contributed by atoms with E-state index in [-0.39, 0.29) is 11.7 Å². The minimum Gasteiger partial charge on any atom is -0.508 e. The third-order valence-corrected chi connectivity index (χ3v) is 11.9. The van der Waals surface area contributed by atoms with Crippen LogP contribution in [0.25, 0.3) is 0 Å². The monoisotopic (exact) mass is 557 g/mol. The van der Waals surface area contributed by atoms with Gasteiger partial charge in [-0.3, -0.25) is 0 Å². The van der Waals surface area contributed by atoms with Crippen LogP contribution in [0.4, 0.5) is 0 Å². The second-order valence-electron chi connectivity index (χ2n) is 9.56. The fourth-order valence-electron chi connectivity index (χ4n) is 4.72. The van der Waals surface area contributed by atoms with Gasteiger partial charge in [-0.05, 0) is 83.1 Å². The van der Waals surface area contributed by atoms with Gasteiger partial charge in [0.05, 0.1) is 6.23 Å². The van der Waals surface area contributed by atoms with Gasteiger partial charge in [-0.1, -0.05) is 53.1 Å². The summed E-state index contributed by atoms with van der Waals surface area (Å²) >= 11 is 0. The second-order valence-corrected chi connectivity index (χ2v) is 14.1. The molecule has 6 heteroatoms. The van der Waals surface area contributed by atoms with Gasteiger partial charge in [0.15, 0.2) is 20.6 Å². The van der Waals surface area contributed by atoms with Crippen molar-refractivity contribution < 1.29 is 19.3 Å². The summed E-state index contributed by atoms with van der Waals surface area (Å²) in [5, 5.41) is 15.5. The molecule has 0 heterocycles. The van der Waals surface area contributed by atoms with Crippen LogP contribution in [0, 0.1) is 20.8 Å². The van der Waals surface area contributed by atoms with E-state index in [1.165, 1.54) is 32.6 Å². The summed E-state index contributed by atoms with van der Waals surface area (Å²) in [5.41, 5.74) is 3.61. The Balaban J connectivity index is 1.94. The summed E-state index contributed by atoms with van der Waals surface area (Å²) in [4.78, 5) is 0. The van der Waals surface area contributed by atoms with Crippen LogP contribution < -0.4 is 26.0 Å². The minimum absolute atomic E-state index is 0.219. The zero-order chi connectivity index (χ0) is 27.8. The number of phenols is 1. The van der Waals surface area contributed by atoms with Crippen molar-refractivity contribution in [2.24, 2.45) is 0 Å². The number of aryl methyl sites for hydroxylation is 3. The molecule has 0 unspecified atom stereocenters. The molecule has 0 fully saturated rings. The number of aromatic hydroxyl groups is 1. The van der Waals surface area contributed by atoms with E-state index < -0.39 is 7.26 Å². The quantitative estimate of drug-likeness (QED) is 0.145. The first-order valence-electron chi connectivity index (χ1n) is 13.4. The van der Waals surface area contributed by atoms with Crippen molar-refractivity contribution in [1.29, 1.82) is 0 Å². The Labute approximate surface area is 236 Å². The lowest BCUT2D eigenvalue weighted by atomic mass is 10.2. The van der Waals surface area contributed by atoms with E-state index in [0.717, 1.165) is 11.1 Å². The summed E-state index contributed by atoms with van der Waals surface area (Å²) in [7, 11) is -2.15. The van der Waals surface area contributed by atoms with Crippen LogP contribution in [-0.2, 0) is 9.47 Å². The number of rotatable bonds is 12. The Hall–Kier alpha value is -2.95. The molecule has 4 aromatic rings. The smallest absolute Gasteiger partial charge is 0.166 e. The average molecular weight is 558 g/mol. The molecule has 4 rings (SSSR count). The summed E-state index contributed by atoms with van der Waals surface area (Å²) < 4.78 is 18.0. The first-order valence-corrected chi connectivity index (χ1v) is 16.5. The molecule has 0 amide bonds. The van der Waals surface area contributed by atoms with Crippen molar-refractivity contribution in [3.8, 4) is 11.5 Å². The van der Waals surface area contributed by atoms with Crippen LogP contribution in [0.2, 0.25) is 0 Å². The van der Waals surface area contributed by atoms with Crippen molar-refractivity contribution in [1.82, 2.24) is 0 Å². The molecule has 0 spiro atoms. The standard InChI is InChI=1S/C33H37O4PSi/c1-6-35-33(36-7-2)39-23-37-31-21-14-27(34)22-32(31)38(28-15-8-24(3)9-16-28,29-17-10-25(4)11-18-29)30-19-12-26(5)13-20-30/h8-22,33H,6-7,23H2,1-5H3/p+1. The lowest BCUT2D eigenvalue weighted by Crippen LogP contribution is -2.39. The van der Waals surface area contributed by atoms with Crippen molar-refractivity contribution in [3.63, 3.8) is 0 Å². The summed E-state index contributed by atoms with van der Waals surface area (Å²) in [6.07, 6.45) is 0.456. The number of phenolic OH excluding ortho intramolecular Hbond substituents is 1. The molecule has 0 saturated heterocycles. The third-order valence-electron chi connectivity index (χ3n) is 6.68. The van der Waals surface area contributed by atoms with Crippen molar-refractivity contribution >= 4 is 38.0 Å². The minimum atomic E-state index is -2.46. The van der Waals surface area contributed by atoms with Crippen LogP contribution in [-0.4, -0.2) is 40.0 Å². The maximum absolute atomic E-state index is 10.9. The molecule has 1 N–H and O–H groups in total. The van der Waals surface area contributed by atoms with Crippen LogP contribution in [0.3, 0.4) is 0 Å². The van der Waals surface area contributed by atoms with E-state index in [9.17, 15) is 5.11 Å². The third kappa shape index (κ3) is 6.62. The zero-order valence-corrected chi connectivity index (χ0v) is 25.4. The SMILES string of the molecule is CCOC(OCC)[Si]COc1ccc(O)cc1[P+](c1ccc(C)cc1)(c1ccc(C)cc1)c1ccc(C)cc1. The summed E-state index contributed by atoms with van der Waals surface area (Å²) in [6.45, 7) is 11.4. The Bertz CT molecular complexity index is 1220. The molecule has 0 bridgehead atoms. The van der Waals surface area contributed by atoms with E-state index in [1.54, 1.807) is 6.07 Å². The van der Waals surface area contributed by atoms with Crippen LogP contribution in [0.15, 0.2) is 91.0 Å². The van der Waals surface area contributed by atoms with Crippen molar-refractivity contribution in [3.05, 3.63) is 108 Å². The molecular weight excluding hydrogens is 519 g/mol. The lowest BCUT2D eigenvalue weighted by molar-refractivity contribution is -0.0835. The number of hydrogen-bond donors (Lipinski definition) is 1. The van der Waals surface area contributed by atoms with Crippen molar-refractivity contribution in [2.45, 2.75) is 40.5 Å². The first kappa shape index (κ1) is 29.0. The van der Waals surface area contributed by atoms with Crippen LogP contribution >= 0.6 is 7.26 Å². The highest BCUT2D eigenvalue weighted by molar-refractivity contribution is 8.01. The zero-order valence-electron chi connectivity index (χ0n) is 23.5. The van der Waals surface area contributed by atoms with Gasteiger partial charge in [0.25, 0.3) is 0 Å². The van der Waals surface area contributed by atoms with Gasteiger partial charge in [-0.25, -0.2) is 0 Å². The maximum atomic E-state index is 10.9. The van der Waals surface area contributed by atoms with Gasteiger partial charge in [-0.2, -0.15) is 0 Å². The van der Waals surface area contributed by atoms with E-state index in [0.29, 0.717) is 29.0 Å². The van der Waals surface area contributed by atoms with Gasteiger partial charge in [0, 0.05) is 19.3 Å². The van der Waals surface area contributed by atoms with Gasteiger partial charge < -0.3 is 19.3 Å². The van der Waals surface area contributed by atoms with Gasteiger partial charge in [-0.15, -0.1) is 0 Å². The number of hydrogen-bond acceptors (Lipinski definition) is 4. The molecule has 39 heavy (non-hydrogen) atoms. The predicted molar refractivity (Wildman–Crippen MR) is 165 cm³/mol. The second kappa shape index (κ2) is 13.4. The maximum Gasteiger partial charge on any atom is 0.166 e. The molecular formula is C33H38O4PSi+. The molecule has 0 aliphatic heterocycles. The fraction of sp³-hybridized carbons (Fsp3) is 0.273. The van der Waals surface area contributed by atoms with E-state index in [2.05, 4.69) is 93.6 Å². The number of ether oxygens (including phenoxy) is 3. The Kier molecular flexibility index (Phi) is 9.98. The highest BCUT2D eigenvalue weighted by Crippen LogP contribution is 2.56. The Morgan fingerprint density at radius 1 is 0.667 bits per heavy atom. The molecule has 0 saturated carbocycles. The summed E-state index contributed by atoms with van der Waals surface area (Å²) in [5.74, 6) is 0.700. The Morgan fingerprint density at radius 3 is 1.51 bits per heavy atom. The molecule has 4 nitrogen and oxygen atoms in total.